The maximum atomic E-state index is 12.6. The molecule has 1 fully saturated rings. The van der Waals surface area contributed by atoms with Crippen molar-refractivity contribution < 1.29 is 29.3 Å². The number of carbonyl (C=O) groups is 2. The Labute approximate surface area is 276 Å². The van der Waals surface area contributed by atoms with E-state index in [2.05, 4.69) is 96.2 Å². The standard InChI is InChI=1S/C36H52O6S.C2H4/c1-33(2,3)23-17-21(18-24(29(23)39)34(4,5)6)13-15-27(37)41-31-32(43-31)42-28(38)16-14-22-19-25(35(7,8)9)30(40)26(20-22)36(10,11)12;1-2/h13-17,19,21-22,31-32,39-40H,18,20H2,1-12H3;1-2H2. The topological polar surface area (TPSA) is 93.1 Å². The minimum absolute atomic E-state index is 0.0410. The van der Waals surface area contributed by atoms with Crippen LogP contribution < -0.4 is 0 Å². The Bertz CT molecular complexity index is 1210. The zero-order chi connectivity index (χ0) is 34.7. The number of thioether (sulfide) groups is 1. The predicted octanol–water partition coefficient (Wildman–Crippen LogP) is 10.1. The van der Waals surface area contributed by atoms with Crippen LogP contribution in [0.4, 0.5) is 0 Å². The van der Waals surface area contributed by atoms with Gasteiger partial charge in [0.25, 0.3) is 0 Å². The maximum absolute atomic E-state index is 12.6. The molecule has 4 atom stereocenters. The first-order valence-electron chi connectivity index (χ1n) is 15.7. The molecule has 1 aliphatic heterocycles. The monoisotopic (exact) mass is 640 g/mol. The van der Waals surface area contributed by atoms with Gasteiger partial charge in [0.15, 0.2) is 10.9 Å². The summed E-state index contributed by atoms with van der Waals surface area (Å²) in [5, 5.41) is 21.9. The minimum Gasteiger partial charge on any atom is -0.508 e. The van der Waals surface area contributed by atoms with E-state index in [1.807, 2.05) is 24.3 Å². The van der Waals surface area contributed by atoms with Crippen LogP contribution >= 0.6 is 11.8 Å². The first kappa shape index (κ1) is 38.3. The lowest BCUT2D eigenvalue weighted by molar-refractivity contribution is -0.146. The third kappa shape index (κ3) is 10.6. The quantitative estimate of drug-likeness (QED) is 0.129. The molecule has 0 radical (unpaired) electrons. The Morgan fingerprint density at radius 3 is 1.24 bits per heavy atom. The van der Waals surface area contributed by atoms with Crippen LogP contribution in [0.15, 0.2) is 83.4 Å². The molecule has 0 spiro atoms. The zero-order valence-electron chi connectivity index (χ0n) is 29.5. The molecule has 6 nitrogen and oxygen atoms in total. The number of aliphatic hydroxyl groups is 2. The van der Waals surface area contributed by atoms with Crippen molar-refractivity contribution in [1.82, 2.24) is 0 Å². The second-order valence-corrected chi connectivity index (χ2v) is 17.2. The van der Waals surface area contributed by atoms with Crippen molar-refractivity contribution in [2.75, 3.05) is 0 Å². The largest absolute Gasteiger partial charge is 0.508 e. The van der Waals surface area contributed by atoms with Gasteiger partial charge in [0.05, 0.1) is 0 Å². The van der Waals surface area contributed by atoms with Gasteiger partial charge < -0.3 is 19.7 Å². The Balaban J connectivity index is 0.00000345. The number of esters is 2. The van der Waals surface area contributed by atoms with Crippen LogP contribution in [0.25, 0.3) is 0 Å². The van der Waals surface area contributed by atoms with Gasteiger partial charge in [-0.2, -0.15) is 0 Å². The summed E-state index contributed by atoms with van der Waals surface area (Å²) < 4.78 is 11.0. The van der Waals surface area contributed by atoms with Gasteiger partial charge in [-0.25, -0.2) is 9.59 Å². The maximum Gasteiger partial charge on any atom is 0.331 e. The highest BCUT2D eigenvalue weighted by Crippen LogP contribution is 2.46. The number of aliphatic hydroxyl groups excluding tert-OH is 2. The van der Waals surface area contributed by atoms with Crippen LogP contribution in [0.5, 0.6) is 0 Å². The van der Waals surface area contributed by atoms with Gasteiger partial charge in [-0.05, 0) is 68.6 Å². The smallest absolute Gasteiger partial charge is 0.331 e. The first-order chi connectivity index (χ1) is 20.5. The summed E-state index contributed by atoms with van der Waals surface area (Å²) >= 11 is 1.27. The van der Waals surface area contributed by atoms with Gasteiger partial charge >= 0.3 is 11.9 Å². The lowest BCUT2D eigenvalue weighted by atomic mass is 9.71. The molecule has 0 aromatic heterocycles. The minimum atomic E-state index is -0.537. The van der Waals surface area contributed by atoms with Crippen LogP contribution in [0.1, 0.15) is 95.9 Å². The van der Waals surface area contributed by atoms with E-state index in [1.165, 1.54) is 23.9 Å². The summed E-state index contributed by atoms with van der Waals surface area (Å²) in [4.78, 5) is 25.2. The summed E-state index contributed by atoms with van der Waals surface area (Å²) in [6.07, 6.45) is 11.8. The fourth-order valence-corrected chi connectivity index (χ4v) is 6.03. The third-order valence-corrected chi connectivity index (χ3v) is 8.90. The number of hydrogen-bond acceptors (Lipinski definition) is 7. The molecule has 45 heavy (non-hydrogen) atoms. The second kappa shape index (κ2) is 14.2. The molecule has 0 bridgehead atoms. The Kier molecular flexibility index (Phi) is 12.1. The van der Waals surface area contributed by atoms with Crippen LogP contribution in [-0.2, 0) is 19.1 Å². The number of rotatable bonds is 6. The van der Waals surface area contributed by atoms with Crippen molar-refractivity contribution in [2.45, 2.75) is 107 Å². The van der Waals surface area contributed by atoms with Crippen molar-refractivity contribution in [3.8, 4) is 0 Å². The van der Waals surface area contributed by atoms with Gasteiger partial charge in [0.1, 0.15) is 11.5 Å². The van der Waals surface area contributed by atoms with E-state index < -0.39 is 22.8 Å². The number of hydrogen-bond donors (Lipinski definition) is 2. The molecule has 0 saturated carbocycles. The summed E-state index contributed by atoms with van der Waals surface area (Å²) in [7, 11) is 0. The van der Waals surface area contributed by atoms with Gasteiger partial charge in [0, 0.05) is 12.2 Å². The fourth-order valence-electron chi connectivity index (χ4n) is 5.44. The highest BCUT2D eigenvalue weighted by Gasteiger charge is 2.45. The van der Waals surface area contributed by atoms with Gasteiger partial charge in [-0.1, -0.05) is 119 Å². The van der Waals surface area contributed by atoms with E-state index in [4.69, 9.17) is 9.47 Å². The average Bonchev–Trinajstić information content (AvgIpc) is 3.62. The number of carbonyl (C=O) groups excluding carboxylic acids is 2. The molecular formula is C38H56O6S. The normalized spacial score (nSPS) is 24.6. The molecule has 0 aromatic rings. The summed E-state index contributed by atoms with van der Waals surface area (Å²) in [5.74, 6) is -0.340. The van der Waals surface area contributed by atoms with E-state index in [-0.39, 0.29) is 33.5 Å². The molecule has 7 heteroatoms. The van der Waals surface area contributed by atoms with Crippen LogP contribution in [0, 0.1) is 33.5 Å². The Hall–Kier alpha value is -2.93. The molecule has 0 amide bonds. The Morgan fingerprint density at radius 2 is 0.978 bits per heavy atom. The average molecular weight is 641 g/mol. The molecule has 3 rings (SSSR count). The third-order valence-electron chi connectivity index (χ3n) is 7.99. The van der Waals surface area contributed by atoms with E-state index in [1.54, 1.807) is 0 Å². The molecule has 0 aromatic carbocycles. The molecule has 1 saturated heterocycles. The van der Waals surface area contributed by atoms with Crippen molar-refractivity contribution in [2.24, 2.45) is 33.5 Å². The number of allylic oxidation sites excluding steroid dienone is 8. The zero-order valence-corrected chi connectivity index (χ0v) is 30.4. The molecule has 250 valence electrons. The van der Waals surface area contributed by atoms with Crippen LogP contribution in [0.3, 0.4) is 0 Å². The van der Waals surface area contributed by atoms with Crippen LogP contribution in [0.2, 0.25) is 0 Å². The SMILES string of the molecule is C=C.CC(C)(C)C1=CC(C=CC(=O)OC2SC2OC(=O)C=CC2C=C(C(C)(C)C)C(O)=C(C(C)(C)C)C2)CC(C(C)(C)C)=C1O. The van der Waals surface area contributed by atoms with E-state index in [0.717, 1.165) is 22.3 Å². The lowest BCUT2D eigenvalue weighted by Gasteiger charge is -2.35. The summed E-state index contributed by atoms with van der Waals surface area (Å²) in [5.41, 5.74) is 1.76. The second-order valence-electron chi connectivity index (χ2n) is 16.0. The van der Waals surface area contributed by atoms with Gasteiger partial charge in [-0.15, -0.1) is 13.2 Å². The predicted molar refractivity (Wildman–Crippen MR) is 186 cm³/mol. The van der Waals surface area contributed by atoms with Gasteiger partial charge in [-0.3, -0.25) is 0 Å². The highest BCUT2D eigenvalue weighted by molar-refractivity contribution is 8.07. The van der Waals surface area contributed by atoms with Gasteiger partial charge in [0.2, 0.25) is 0 Å². The highest BCUT2D eigenvalue weighted by atomic mass is 32.2. The van der Waals surface area contributed by atoms with Crippen LogP contribution in [-0.4, -0.2) is 33.0 Å². The summed E-state index contributed by atoms with van der Waals surface area (Å²) in [6.45, 7) is 30.9. The van der Waals surface area contributed by atoms with E-state index in [0.29, 0.717) is 24.4 Å². The molecule has 2 N–H and O–H groups in total. The van der Waals surface area contributed by atoms with Crippen molar-refractivity contribution >= 4 is 23.7 Å². The fraction of sp³-hybridized carbons (Fsp3) is 0.579. The summed E-state index contributed by atoms with van der Waals surface area (Å²) in [6, 6.07) is 0. The Morgan fingerprint density at radius 1 is 0.667 bits per heavy atom. The van der Waals surface area contributed by atoms with E-state index in [9.17, 15) is 19.8 Å². The first-order valence-corrected chi connectivity index (χ1v) is 16.7. The van der Waals surface area contributed by atoms with Crippen molar-refractivity contribution in [3.63, 3.8) is 0 Å². The molecule has 4 unspecified atom stereocenters. The molecule has 3 aliphatic rings. The van der Waals surface area contributed by atoms with Crippen molar-refractivity contribution in [1.29, 1.82) is 0 Å². The van der Waals surface area contributed by atoms with Crippen molar-refractivity contribution in [3.05, 3.63) is 83.4 Å². The lowest BCUT2D eigenvalue weighted by Crippen LogP contribution is -2.24. The molecule has 1 heterocycles. The van der Waals surface area contributed by atoms with E-state index >= 15 is 0 Å². The molecule has 2 aliphatic carbocycles. The number of ether oxygens (including phenoxy) is 2. The molecular weight excluding hydrogens is 584 g/mol.